The third-order valence-electron chi connectivity index (χ3n) is 3.07. The molecule has 20 heavy (non-hydrogen) atoms. The summed E-state index contributed by atoms with van der Waals surface area (Å²) in [6, 6.07) is 10.8. The highest BCUT2D eigenvalue weighted by Gasteiger charge is 2.16. The number of aromatic nitrogens is 1. The standard InChI is InChI=1S/C14H12Br2N2S2/c1-17-10(12-6-8(15)14(16)20-12)7-13-18-9-4-2-3-5-11(9)19-13/h2-6,10,17H,7H2,1H3. The van der Waals surface area contributed by atoms with E-state index in [1.807, 2.05) is 13.1 Å². The lowest BCUT2D eigenvalue weighted by molar-refractivity contribution is 0.601. The van der Waals surface area contributed by atoms with Gasteiger partial charge >= 0.3 is 0 Å². The lowest BCUT2D eigenvalue weighted by Gasteiger charge is -2.12. The third kappa shape index (κ3) is 2.99. The maximum atomic E-state index is 4.71. The van der Waals surface area contributed by atoms with Crippen molar-refractivity contribution in [1.29, 1.82) is 0 Å². The van der Waals surface area contributed by atoms with Gasteiger partial charge in [-0.2, -0.15) is 0 Å². The van der Waals surface area contributed by atoms with E-state index in [-0.39, 0.29) is 0 Å². The Morgan fingerprint density at radius 3 is 2.70 bits per heavy atom. The van der Waals surface area contributed by atoms with Crippen molar-refractivity contribution < 1.29 is 0 Å². The molecule has 3 rings (SSSR count). The molecule has 0 saturated heterocycles. The highest BCUT2D eigenvalue weighted by atomic mass is 79.9. The van der Waals surface area contributed by atoms with E-state index >= 15 is 0 Å². The van der Waals surface area contributed by atoms with Gasteiger partial charge in [0, 0.05) is 21.8 Å². The van der Waals surface area contributed by atoms with Crippen LogP contribution in [0.3, 0.4) is 0 Å². The largest absolute Gasteiger partial charge is 0.312 e. The Hall–Kier alpha value is -0.270. The molecule has 1 N–H and O–H groups in total. The molecule has 1 unspecified atom stereocenters. The Kier molecular flexibility index (Phi) is 4.57. The van der Waals surface area contributed by atoms with Crippen molar-refractivity contribution in [3.8, 4) is 0 Å². The summed E-state index contributed by atoms with van der Waals surface area (Å²) in [5.74, 6) is 0. The van der Waals surface area contributed by atoms with Crippen LogP contribution >= 0.6 is 54.5 Å². The highest BCUT2D eigenvalue weighted by Crippen LogP contribution is 2.37. The van der Waals surface area contributed by atoms with E-state index in [1.165, 1.54) is 14.6 Å². The van der Waals surface area contributed by atoms with Crippen LogP contribution in [0.25, 0.3) is 10.2 Å². The number of hydrogen-bond donors (Lipinski definition) is 1. The molecule has 2 aromatic heterocycles. The lowest BCUT2D eigenvalue weighted by Crippen LogP contribution is -2.17. The molecule has 104 valence electrons. The lowest BCUT2D eigenvalue weighted by atomic mass is 10.2. The minimum absolute atomic E-state index is 0.295. The summed E-state index contributed by atoms with van der Waals surface area (Å²) in [7, 11) is 2.00. The molecule has 2 nitrogen and oxygen atoms in total. The van der Waals surface area contributed by atoms with Crippen LogP contribution in [0.15, 0.2) is 38.6 Å². The fourth-order valence-electron chi connectivity index (χ4n) is 2.06. The van der Waals surface area contributed by atoms with Crippen molar-refractivity contribution in [3.05, 3.63) is 48.5 Å². The predicted molar refractivity (Wildman–Crippen MR) is 94.8 cm³/mol. The number of benzene rings is 1. The molecule has 0 aliphatic rings. The number of nitrogens with one attached hydrogen (secondary N) is 1. The van der Waals surface area contributed by atoms with E-state index in [4.69, 9.17) is 4.98 Å². The van der Waals surface area contributed by atoms with E-state index in [2.05, 4.69) is 61.4 Å². The summed E-state index contributed by atoms with van der Waals surface area (Å²) < 4.78 is 3.50. The first-order valence-corrected chi connectivity index (χ1v) is 9.35. The van der Waals surface area contributed by atoms with Gasteiger partial charge in [0.15, 0.2) is 0 Å². The van der Waals surface area contributed by atoms with Crippen molar-refractivity contribution in [2.24, 2.45) is 0 Å². The van der Waals surface area contributed by atoms with Crippen LogP contribution in [-0.2, 0) is 6.42 Å². The zero-order valence-corrected chi connectivity index (χ0v) is 15.5. The molecule has 1 atom stereocenters. The van der Waals surface area contributed by atoms with Crippen LogP contribution in [0.2, 0.25) is 0 Å². The van der Waals surface area contributed by atoms with Crippen molar-refractivity contribution in [3.63, 3.8) is 0 Å². The van der Waals surface area contributed by atoms with E-state index < -0.39 is 0 Å². The van der Waals surface area contributed by atoms with Crippen LogP contribution in [0, 0.1) is 0 Å². The van der Waals surface area contributed by atoms with Crippen molar-refractivity contribution in [1.82, 2.24) is 10.3 Å². The van der Waals surface area contributed by atoms with Crippen LogP contribution in [0.1, 0.15) is 15.9 Å². The fourth-order valence-corrected chi connectivity index (χ4v) is 5.27. The molecule has 2 heterocycles. The number of thiophene rings is 1. The van der Waals surface area contributed by atoms with E-state index in [0.29, 0.717) is 6.04 Å². The quantitative estimate of drug-likeness (QED) is 0.599. The molecule has 0 spiro atoms. The summed E-state index contributed by atoms with van der Waals surface area (Å²) in [5, 5.41) is 4.56. The number of likely N-dealkylation sites (N-methyl/N-ethyl adjacent to an activating group) is 1. The SMILES string of the molecule is CNC(Cc1nc2ccccc2s1)c1cc(Br)c(Br)s1. The minimum Gasteiger partial charge on any atom is -0.312 e. The molecule has 0 amide bonds. The summed E-state index contributed by atoms with van der Waals surface area (Å²) >= 11 is 10.6. The Morgan fingerprint density at radius 1 is 1.25 bits per heavy atom. The number of hydrogen-bond acceptors (Lipinski definition) is 4. The number of thiazole rings is 1. The smallest absolute Gasteiger partial charge is 0.0957 e. The van der Waals surface area contributed by atoms with Crippen molar-refractivity contribution >= 4 is 64.8 Å². The van der Waals surface area contributed by atoms with Gasteiger partial charge in [-0.15, -0.1) is 22.7 Å². The Morgan fingerprint density at radius 2 is 2.05 bits per heavy atom. The molecule has 0 radical (unpaired) electrons. The van der Waals surface area contributed by atoms with Crippen molar-refractivity contribution in [2.75, 3.05) is 7.05 Å². The number of halogens is 2. The van der Waals surface area contributed by atoms with Gasteiger partial charge in [-0.05, 0) is 57.1 Å². The van der Waals surface area contributed by atoms with E-state index in [9.17, 15) is 0 Å². The first-order valence-electron chi connectivity index (χ1n) is 6.14. The second-order valence-corrected chi connectivity index (χ2v) is 8.76. The van der Waals surface area contributed by atoms with Gasteiger partial charge in [0.2, 0.25) is 0 Å². The normalized spacial score (nSPS) is 12.9. The van der Waals surface area contributed by atoms with Crippen LogP contribution in [-0.4, -0.2) is 12.0 Å². The second kappa shape index (κ2) is 6.23. The number of fused-ring (bicyclic) bond motifs is 1. The van der Waals surface area contributed by atoms with Crippen LogP contribution < -0.4 is 5.32 Å². The molecule has 3 aromatic rings. The van der Waals surface area contributed by atoms with Gasteiger partial charge < -0.3 is 5.32 Å². The highest BCUT2D eigenvalue weighted by molar-refractivity contribution is 9.13. The Bertz CT molecular complexity index is 683. The summed E-state index contributed by atoms with van der Waals surface area (Å²) in [6.07, 6.45) is 0.912. The minimum atomic E-state index is 0.295. The topological polar surface area (TPSA) is 24.9 Å². The maximum Gasteiger partial charge on any atom is 0.0957 e. The monoisotopic (exact) mass is 430 g/mol. The maximum absolute atomic E-state index is 4.71. The molecule has 0 aliphatic heterocycles. The summed E-state index contributed by atoms with van der Waals surface area (Å²) in [5.41, 5.74) is 1.09. The average Bonchev–Trinajstić information content (AvgIpc) is 2.99. The molecule has 0 saturated carbocycles. The summed E-state index contributed by atoms with van der Waals surface area (Å²) in [4.78, 5) is 6.03. The van der Waals surface area contributed by atoms with Gasteiger partial charge in [-0.1, -0.05) is 12.1 Å². The first kappa shape index (κ1) is 14.7. The number of rotatable bonds is 4. The zero-order chi connectivity index (χ0) is 14.1. The average molecular weight is 432 g/mol. The van der Waals surface area contributed by atoms with Crippen LogP contribution in [0.5, 0.6) is 0 Å². The van der Waals surface area contributed by atoms with Gasteiger partial charge in [-0.3, -0.25) is 0 Å². The van der Waals surface area contributed by atoms with Crippen molar-refractivity contribution in [2.45, 2.75) is 12.5 Å². The fraction of sp³-hybridized carbons (Fsp3) is 0.214. The van der Waals surface area contributed by atoms with E-state index in [0.717, 1.165) is 20.2 Å². The summed E-state index contributed by atoms with van der Waals surface area (Å²) in [6.45, 7) is 0. The van der Waals surface area contributed by atoms with Gasteiger partial charge in [0.1, 0.15) is 0 Å². The molecule has 0 aliphatic carbocycles. The molecule has 6 heteroatoms. The number of para-hydroxylation sites is 1. The van der Waals surface area contributed by atoms with Crippen LogP contribution in [0.4, 0.5) is 0 Å². The zero-order valence-electron chi connectivity index (χ0n) is 10.7. The second-order valence-electron chi connectivity index (χ2n) is 4.39. The molecule has 0 fully saturated rings. The van der Waals surface area contributed by atoms with Gasteiger partial charge in [0.25, 0.3) is 0 Å². The Labute approximate surface area is 142 Å². The molecule has 1 aromatic carbocycles. The molecular formula is C14H12Br2N2S2. The van der Waals surface area contributed by atoms with Gasteiger partial charge in [0.05, 0.1) is 19.0 Å². The predicted octanol–water partition coefficient (Wildman–Crippen LogP) is 5.39. The third-order valence-corrected chi connectivity index (χ3v) is 7.50. The number of nitrogens with zero attached hydrogens (tertiary/aromatic N) is 1. The first-order chi connectivity index (χ1) is 9.67. The molecular weight excluding hydrogens is 420 g/mol. The van der Waals surface area contributed by atoms with Gasteiger partial charge in [-0.25, -0.2) is 4.98 Å². The Balaban J connectivity index is 1.87. The molecule has 0 bridgehead atoms. The van der Waals surface area contributed by atoms with E-state index in [1.54, 1.807) is 22.7 Å².